The minimum absolute atomic E-state index is 0. The molecule has 20 heavy (non-hydrogen) atoms. The zero-order chi connectivity index (χ0) is 13.8. The van der Waals surface area contributed by atoms with E-state index < -0.39 is 0 Å². The number of halogens is 3. The van der Waals surface area contributed by atoms with Gasteiger partial charge in [-0.25, -0.2) is 0 Å². The van der Waals surface area contributed by atoms with E-state index in [4.69, 9.17) is 23.2 Å². The minimum atomic E-state index is -0.0587. The van der Waals surface area contributed by atoms with E-state index in [1.807, 2.05) is 13.0 Å². The van der Waals surface area contributed by atoms with Crippen LogP contribution >= 0.6 is 35.6 Å². The Hall–Kier alpha value is -0.480. The summed E-state index contributed by atoms with van der Waals surface area (Å²) in [6, 6.07) is 5.38. The van der Waals surface area contributed by atoms with Crippen molar-refractivity contribution < 1.29 is 4.79 Å². The van der Waals surface area contributed by atoms with Crippen molar-refractivity contribution in [1.82, 2.24) is 10.6 Å². The number of amides is 1. The lowest BCUT2D eigenvalue weighted by molar-refractivity contribution is -0.122. The van der Waals surface area contributed by atoms with Gasteiger partial charge in [-0.1, -0.05) is 29.3 Å². The zero-order valence-electron chi connectivity index (χ0n) is 11.3. The van der Waals surface area contributed by atoms with Crippen molar-refractivity contribution in [3.05, 3.63) is 33.8 Å². The van der Waals surface area contributed by atoms with Crippen LogP contribution in [0.5, 0.6) is 0 Å². The smallest absolute Gasteiger partial charge is 0.220 e. The van der Waals surface area contributed by atoms with Gasteiger partial charge in [-0.15, -0.1) is 12.4 Å². The first-order valence-electron chi connectivity index (χ1n) is 6.51. The van der Waals surface area contributed by atoms with E-state index in [1.54, 1.807) is 12.1 Å². The average Bonchev–Trinajstić information content (AvgIpc) is 2.85. The second-order valence-corrected chi connectivity index (χ2v) is 5.84. The van der Waals surface area contributed by atoms with Crippen molar-refractivity contribution in [1.29, 1.82) is 0 Å². The summed E-state index contributed by atoms with van der Waals surface area (Å²) in [4.78, 5) is 11.9. The highest BCUT2D eigenvalue weighted by Gasteiger charge is 2.19. The predicted molar refractivity (Wildman–Crippen MR) is 85.9 cm³/mol. The van der Waals surface area contributed by atoms with Gasteiger partial charge in [-0.05, 0) is 50.0 Å². The molecule has 3 nitrogen and oxygen atoms in total. The maximum absolute atomic E-state index is 11.9. The van der Waals surface area contributed by atoms with Gasteiger partial charge < -0.3 is 10.6 Å². The number of carbonyl (C=O) groups is 1. The van der Waals surface area contributed by atoms with Crippen molar-refractivity contribution in [2.75, 3.05) is 13.1 Å². The molecule has 0 spiro atoms. The third-order valence-corrected chi connectivity index (χ3v) is 4.20. The predicted octanol–water partition coefficient (Wildman–Crippen LogP) is 3.59. The molecule has 0 radical (unpaired) electrons. The lowest BCUT2D eigenvalue weighted by Crippen LogP contribution is -2.28. The molecule has 2 N–H and O–H groups in total. The fourth-order valence-corrected chi connectivity index (χ4v) is 2.62. The second kappa shape index (κ2) is 8.08. The van der Waals surface area contributed by atoms with Crippen LogP contribution in [-0.4, -0.2) is 19.0 Å². The van der Waals surface area contributed by atoms with Gasteiger partial charge in [-0.3, -0.25) is 4.79 Å². The van der Waals surface area contributed by atoms with E-state index in [0.717, 1.165) is 25.1 Å². The minimum Gasteiger partial charge on any atom is -0.350 e. The van der Waals surface area contributed by atoms with E-state index in [0.29, 0.717) is 22.4 Å². The van der Waals surface area contributed by atoms with E-state index in [9.17, 15) is 4.79 Å². The molecule has 6 heteroatoms. The van der Waals surface area contributed by atoms with Gasteiger partial charge in [0.15, 0.2) is 0 Å². The first kappa shape index (κ1) is 17.6. The summed E-state index contributed by atoms with van der Waals surface area (Å²) in [5.41, 5.74) is 0.965. The molecule has 0 aliphatic carbocycles. The number of hydrogen-bond donors (Lipinski definition) is 2. The first-order chi connectivity index (χ1) is 9.06. The summed E-state index contributed by atoms with van der Waals surface area (Å²) < 4.78 is 0. The molecule has 112 valence electrons. The van der Waals surface area contributed by atoms with Gasteiger partial charge in [0.25, 0.3) is 0 Å². The Bertz CT molecular complexity index is 462. The van der Waals surface area contributed by atoms with E-state index in [2.05, 4.69) is 10.6 Å². The van der Waals surface area contributed by atoms with Gasteiger partial charge in [0.05, 0.1) is 16.1 Å². The van der Waals surface area contributed by atoms with Crippen molar-refractivity contribution in [3.8, 4) is 0 Å². The molecule has 2 rings (SSSR count). The zero-order valence-corrected chi connectivity index (χ0v) is 13.6. The molecule has 1 amide bonds. The molecule has 1 aromatic rings. The molecule has 1 aliphatic heterocycles. The van der Waals surface area contributed by atoms with Crippen LogP contribution in [0.25, 0.3) is 0 Å². The van der Waals surface area contributed by atoms with Crippen molar-refractivity contribution in [2.45, 2.75) is 25.8 Å². The Balaban J connectivity index is 0.00000200. The van der Waals surface area contributed by atoms with Crippen LogP contribution in [0.15, 0.2) is 18.2 Å². The molecule has 1 heterocycles. The summed E-state index contributed by atoms with van der Waals surface area (Å²) in [6.45, 7) is 3.90. The summed E-state index contributed by atoms with van der Waals surface area (Å²) in [5.74, 6) is 0.549. The lowest BCUT2D eigenvalue weighted by atomic mass is 10.0. The Morgan fingerprint density at radius 3 is 2.80 bits per heavy atom. The van der Waals surface area contributed by atoms with Gasteiger partial charge >= 0.3 is 0 Å². The number of rotatable bonds is 4. The summed E-state index contributed by atoms with van der Waals surface area (Å²) in [6.07, 6.45) is 1.66. The maximum Gasteiger partial charge on any atom is 0.220 e. The third-order valence-electron chi connectivity index (χ3n) is 3.46. The monoisotopic (exact) mass is 336 g/mol. The quantitative estimate of drug-likeness (QED) is 0.881. The summed E-state index contributed by atoms with van der Waals surface area (Å²) >= 11 is 11.9. The highest BCUT2D eigenvalue weighted by Crippen LogP contribution is 2.25. The van der Waals surface area contributed by atoms with Crippen molar-refractivity contribution in [2.24, 2.45) is 5.92 Å². The molecule has 1 fully saturated rings. The van der Waals surface area contributed by atoms with E-state index in [-0.39, 0.29) is 24.4 Å². The van der Waals surface area contributed by atoms with Gasteiger partial charge in [0, 0.05) is 6.42 Å². The molecule has 0 bridgehead atoms. The largest absolute Gasteiger partial charge is 0.350 e. The van der Waals surface area contributed by atoms with E-state index in [1.165, 1.54) is 0 Å². The molecule has 2 atom stereocenters. The average molecular weight is 338 g/mol. The van der Waals surface area contributed by atoms with Crippen LogP contribution in [0.4, 0.5) is 0 Å². The molecule has 2 unspecified atom stereocenters. The number of carbonyl (C=O) groups excluding carboxylic acids is 1. The van der Waals surface area contributed by atoms with E-state index >= 15 is 0 Å². The van der Waals surface area contributed by atoms with Gasteiger partial charge in [0.1, 0.15) is 0 Å². The fourth-order valence-electron chi connectivity index (χ4n) is 2.32. The Morgan fingerprint density at radius 2 is 2.20 bits per heavy atom. The lowest BCUT2D eigenvalue weighted by Gasteiger charge is -2.16. The van der Waals surface area contributed by atoms with Crippen LogP contribution in [-0.2, 0) is 4.79 Å². The second-order valence-electron chi connectivity index (χ2n) is 5.03. The van der Waals surface area contributed by atoms with Crippen LogP contribution < -0.4 is 10.6 Å². The number of hydrogen-bond acceptors (Lipinski definition) is 2. The topological polar surface area (TPSA) is 41.1 Å². The van der Waals surface area contributed by atoms with Gasteiger partial charge in [0.2, 0.25) is 5.91 Å². The molecule has 0 saturated carbocycles. The first-order valence-corrected chi connectivity index (χ1v) is 7.27. The molecule has 1 saturated heterocycles. The van der Waals surface area contributed by atoms with Gasteiger partial charge in [-0.2, -0.15) is 0 Å². The standard InChI is InChI=1S/C14H18Cl2N2O.ClH/c1-9(11-2-3-12(15)13(16)7-11)18-14(19)6-10-4-5-17-8-10;/h2-3,7,9-10,17H,4-6,8H2,1H3,(H,18,19);1H. The highest BCUT2D eigenvalue weighted by atomic mass is 35.5. The normalized spacial score (nSPS) is 19.2. The number of nitrogens with one attached hydrogen (secondary N) is 2. The van der Waals surface area contributed by atoms with Crippen molar-refractivity contribution >= 4 is 41.5 Å². The summed E-state index contributed by atoms with van der Waals surface area (Å²) in [5, 5.41) is 7.31. The molecular weight excluding hydrogens is 319 g/mol. The van der Waals surface area contributed by atoms with Crippen LogP contribution in [0, 0.1) is 5.92 Å². The molecule has 1 aliphatic rings. The van der Waals surface area contributed by atoms with Crippen LogP contribution in [0.2, 0.25) is 10.0 Å². The molecule has 1 aromatic carbocycles. The van der Waals surface area contributed by atoms with Crippen LogP contribution in [0.3, 0.4) is 0 Å². The fraction of sp³-hybridized carbons (Fsp3) is 0.500. The maximum atomic E-state index is 11.9. The SMILES string of the molecule is CC(NC(=O)CC1CCNC1)c1ccc(Cl)c(Cl)c1.Cl. The third kappa shape index (κ3) is 4.81. The molecule has 0 aromatic heterocycles. The van der Waals surface area contributed by atoms with Crippen LogP contribution in [0.1, 0.15) is 31.4 Å². The Labute approximate surface area is 135 Å². The summed E-state index contributed by atoms with van der Waals surface area (Å²) in [7, 11) is 0. The Morgan fingerprint density at radius 1 is 1.45 bits per heavy atom. The van der Waals surface area contributed by atoms with Crippen molar-refractivity contribution in [3.63, 3.8) is 0 Å². The Kier molecular flexibility index (Phi) is 7.10. The highest BCUT2D eigenvalue weighted by molar-refractivity contribution is 6.42. The number of benzene rings is 1. The molecular formula is C14H19Cl3N2O.